The number of carbonyl (C=O) groups excluding carboxylic acids is 1. The van der Waals surface area contributed by atoms with E-state index in [-0.39, 0.29) is 12.5 Å². The predicted molar refractivity (Wildman–Crippen MR) is 114 cm³/mol. The first-order valence-corrected chi connectivity index (χ1v) is 9.31. The maximum Gasteiger partial charge on any atom is 0.243 e. The number of carbonyl (C=O) groups is 1. The van der Waals surface area contributed by atoms with Crippen LogP contribution >= 0.6 is 0 Å². The third kappa shape index (κ3) is 6.77. The Balaban J connectivity index is 1.42. The van der Waals surface area contributed by atoms with Gasteiger partial charge in [0.2, 0.25) is 5.91 Å². The van der Waals surface area contributed by atoms with Crippen molar-refractivity contribution in [3.63, 3.8) is 0 Å². The molecule has 0 aliphatic heterocycles. The largest absolute Gasteiger partial charge is 0.497 e. The number of hydrogen-bond donors (Lipinski definition) is 2. The fourth-order valence-corrected chi connectivity index (χ4v) is 2.62. The van der Waals surface area contributed by atoms with Gasteiger partial charge in [-0.2, -0.15) is 0 Å². The van der Waals surface area contributed by atoms with Crippen molar-refractivity contribution in [3.05, 3.63) is 78.9 Å². The van der Waals surface area contributed by atoms with Gasteiger partial charge in [-0.25, -0.2) is 0 Å². The van der Waals surface area contributed by atoms with Crippen LogP contribution in [-0.2, 0) is 4.79 Å². The van der Waals surface area contributed by atoms with Gasteiger partial charge in [0, 0.05) is 23.5 Å². The van der Waals surface area contributed by atoms with Gasteiger partial charge in [-0.05, 0) is 36.4 Å². The fourth-order valence-electron chi connectivity index (χ4n) is 2.62. The van der Waals surface area contributed by atoms with E-state index in [9.17, 15) is 4.79 Å². The molecule has 0 aliphatic carbocycles. The van der Waals surface area contributed by atoms with Gasteiger partial charge >= 0.3 is 0 Å². The summed E-state index contributed by atoms with van der Waals surface area (Å²) in [5, 5.41) is 5.93. The lowest BCUT2D eigenvalue weighted by Gasteiger charge is -2.11. The zero-order chi connectivity index (χ0) is 20.3. The molecule has 0 spiro atoms. The molecule has 0 fully saturated rings. The quantitative estimate of drug-likeness (QED) is 0.506. The zero-order valence-electron chi connectivity index (χ0n) is 16.3. The molecule has 3 aromatic carbocycles. The topological polar surface area (TPSA) is 68.8 Å². The number of nitrogens with one attached hydrogen (secondary N) is 2. The highest BCUT2D eigenvalue weighted by atomic mass is 16.5. The second kappa shape index (κ2) is 10.6. The number of amides is 1. The van der Waals surface area contributed by atoms with E-state index in [1.54, 1.807) is 13.2 Å². The highest BCUT2D eigenvalue weighted by Crippen LogP contribution is 2.18. The van der Waals surface area contributed by atoms with Crippen LogP contribution in [0.25, 0.3) is 0 Å². The number of benzene rings is 3. The number of rotatable bonds is 10. The minimum atomic E-state index is -0.152. The molecule has 0 aliphatic rings. The van der Waals surface area contributed by atoms with Crippen LogP contribution in [0.15, 0.2) is 78.9 Å². The Morgan fingerprint density at radius 3 is 2.14 bits per heavy atom. The number of methoxy groups -OCH3 is 1. The molecule has 3 aromatic rings. The maximum absolute atomic E-state index is 12.2. The van der Waals surface area contributed by atoms with Gasteiger partial charge in [0.05, 0.1) is 13.7 Å². The van der Waals surface area contributed by atoms with Gasteiger partial charge in [-0.1, -0.05) is 30.3 Å². The summed E-state index contributed by atoms with van der Waals surface area (Å²) >= 11 is 0. The van der Waals surface area contributed by atoms with E-state index in [1.807, 2.05) is 72.8 Å². The Hall–Kier alpha value is -3.67. The van der Waals surface area contributed by atoms with Crippen molar-refractivity contribution in [1.29, 1.82) is 0 Å². The molecular formula is C23H24N2O4. The van der Waals surface area contributed by atoms with E-state index in [0.717, 1.165) is 11.4 Å². The molecule has 0 aromatic heterocycles. The number of para-hydroxylation sites is 1. The lowest BCUT2D eigenvalue weighted by atomic mass is 10.3. The summed E-state index contributed by atoms with van der Waals surface area (Å²) in [5.74, 6) is 2.06. The fraction of sp³-hybridized carbons (Fsp3) is 0.174. The Morgan fingerprint density at radius 1 is 0.759 bits per heavy atom. The second-order valence-corrected chi connectivity index (χ2v) is 6.17. The van der Waals surface area contributed by atoms with Crippen molar-refractivity contribution in [2.75, 3.05) is 37.5 Å². The maximum atomic E-state index is 12.2. The van der Waals surface area contributed by atoms with Crippen LogP contribution in [0.1, 0.15) is 0 Å². The van der Waals surface area contributed by atoms with Gasteiger partial charge in [0.15, 0.2) is 0 Å². The van der Waals surface area contributed by atoms with E-state index in [0.29, 0.717) is 30.4 Å². The van der Waals surface area contributed by atoms with Gasteiger partial charge in [0.1, 0.15) is 30.5 Å². The van der Waals surface area contributed by atoms with Gasteiger partial charge in [-0.15, -0.1) is 0 Å². The minimum absolute atomic E-state index is 0.137. The van der Waals surface area contributed by atoms with E-state index in [4.69, 9.17) is 14.2 Å². The van der Waals surface area contributed by atoms with Crippen molar-refractivity contribution < 1.29 is 19.0 Å². The molecule has 6 heteroatoms. The molecule has 6 nitrogen and oxygen atoms in total. The minimum Gasteiger partial charge on any atom is -0.497 e. The molecule has 2 N–H and O–H groups in total. The van der Waals surface area contributed by atoms with Crippen molar-refractivity contribution in [1.82, 2.24) is 0 Å². The summed E-state index contributed by atoms with van der Waals surface area (Å²) in [6.45, 7) is 1.01. The highest BCUT2D eigenvalue weighted by Gasteiger charge is 2.04. The van der Waals surface area contributed by atoms with E-state index < -0.39 is 0 Å². The molecule has 0 unspecified atom stereocenters. The second-order valence-electron chi connectivity index (χ2n) is 6.17. The molecule has 0 saturated heterocycles. The first-order valence-electron chi connectivity index (χ1n) is 9.31. The molecule has 150 valence electrons. The molecule has 0 atom stereocenters. The Labute approximate surface area is 170 Å². The van der Waals surface area contributed by atoms with Crippen LogP contribution < -0.4 is 24.8 Å². The highest BCUT2D eigenvalue weighted by molar-refractivity contribution is 5.93. The van der Waals surface area contributed by atoms with Crippen molar-refractivity contribution in [3.8, 4) is 17.2 Å². The Kier molecular flexibility index (Phi) is 7.34. The van der Waals surface area contributed by atoms with Crippen LogP contribution in [0.2, 0.25) is 0 Å². The summed E-state index contributed by atoms with van der Waals surface area (Å²) in [6.07, 6.45) is 0. The molecule has 0 bridgehead atoms. The van der Waals surface area contributed by atoms with Crippen LogP contribution in [0.3, 0.4) is 0 Å². The summed E-state index contributed by atoms with van der Waals surface area (Å²) in [5.41, 5.74) is 1.49. The van der Waals surface area contributed by atoms with Crippen LogP contribution in [0.5, 0.6) is 17.2 Å². The number of anilines is 2. The van der Waals surface area contributed by atoms with Crippen LogP contribution in [0, 0.1) is 0 Å². The van der Waals surface area contributed by atoms with Crippen molar-refractivity contribution >= 4 is 17.3 Å². The van der Waals surface area contributed by atoms with Gasteiger partial charge in [0.25, 0.3) is 0 Å². The van der Waals surface area contributed by atoms with Crippen molar-refractivity contribution in [2.24, 2.45) is 0 Å². The lowest BCUT2D eigenvalue weighted by molar-refractivity contribution is -0.114. The lowest BCUT2D eigenvalue weighted by Crippen LogP contribution is -2.21. The van der Waals surface area contributed by atoms with Crippen LogP contribution in [-0.4, -0.2) is 32.8 Å². The first kappa shape index (κ1) is 20.1. The summed E-state index contributed by atoms with van der Waals surface area (Å²) in [4.78, 5) is 12.2. The van der Waals surface area contributed by atoms with E-state index in [2.05, 4.69) is 10.6 Å². The smallest absolute Gasteiger partial charge is 0.243 e. The third-order valence-corrected chi connectivity index (χ3v) is 4.00. The third-order valence-electron chi connectivity index (χ3n) is 4.00. The molecule has 29 heavy (non-hydrogen) atoms. The molecule has 3 rings (SSSR count). The summed E-state index contributed by atoms with van der Waals surface area (Å²) < 4.78 is 16.5. The molecule has 0 saturated carbocycles. The Morgan fingerprint density at radius 2 is 1.38 bits per heavy atom. The first-order chi connectivity index (χ1) is 14.2. The van der Waals surface area contributed by atoms with Crippen molar-refractivity contribution in [2.45, 2.75) is 0 Å². The molecule has 0 heterocycles. The molecule has 0 radical (unpaired) electrons. The standard InChI is InChI=1S/C23H24N2O4/c1-27-21-11-6-8-19(16-21)25-23(26)17-24-18-7-5-12-22(15-18)29-14-13-28-20-9-3-2-4-10-20/h2-12,15-16,24H,13-14,17H2,1H3,(H,25,26). The zero-order valence-corrected chi connectivity index (χ0v) is 16.3. The SMILES string of the molecule is COc1cccc(NC(=O)CNc2cccc(OCCOc3ccccc3)c2)c1. The van der Waals surface area contributed by atoms with E-state index >= 15 is 0 Å². The molecular weight excluding hydrogens is 368 g/mol. The van der Waals surface area contributed by atoms with E-state index in [1.165, 1.54) is 0 Å². The van der Waals surface area contributed by atoms with Crippen LogP contribution in [0.4, 0.5) is 11.4 Å². The Bertz CT molecular complexity index is 916. The van der Waals surface area contributed by atoms with Gasteiger partial charge < -0.3 is 24.8 Å². The van der Waals surface area contributed by atoms with Gasteiger partial charge in [-0.3, -0.25) is 4.79 Å². The number of hydrogen-bond acceptors (Lipinski definition) is 5. The average Bonchev–Trinajstić information content (AvgIpc) is 2.76. The summed E-state index contributed by atoms with van der Waals surface area (Å²) in [6, 6.07) is 24.3. The monoisotopic (exact) mass is 392 g/mol. The average molecular weight is 392 g/mol. The predicted octanol–water partition coefficient (Wildman–Crippen LogP) is 4.20. The normalized spacial score (nSPS) is 10.1. The number of ether oxygens (including phenoxy) is 3. The molecule has 1 amide bonds. The summed E-state index contributed by atoms with van der Waals surface area (Å²) in [7, 11) is 1.59.